The Morgan fingerprint density at radius 1 is 1.14 bits per heavy atom. The molecule has 1 heterocycles. The Bertz CT molecular complexity index is 914. The lowest BCUT2D eigenvalue weighted by atomic mass is 9.49. The second-order valence-electron chi connectivity index (χ2n) is 8.81. The van der Waals surface area contributed by atoms with Gasteiger partial charge in [-0.25, -0.2) is 5.43 Å². The van der Waals surface area contributed by atoms with Crippen LogP contribution < -0.4 is 5.43 Å². The number of H-pyrrole nitrogens is 1. The molecule has 4 fully saturated rings. The van der Waals surface area contributed by atoms with Gasteiger partial charge in [-0.3, -0.25) is 9.89 Å². The summed E-state index contributed by atoms with van der Waals surface area (Å²) in [5.74, 6) is 1.95. The van der Waals surface area contributed by atoms with Crippen LogP contribution in [-0.4, -0.2) is 32.5 Å². The first-order valence-corrected chi connectivity index (χ1v) is 9.92. The number of phenols is 2. The van der Waals surface area contributed by atoms with Gasteiger partial charge in [-0.1, -0.05) is 0 Å². The van der Waals surface area contributed by atoms with Crippen LogP contribution in [-0.2, 0) is 5.41 Å². The van der Waals surface area contributed by atoms with Gasteiger partial charge in [-0.05, 0) is 74.5 Å². The Labute approximate surface area is 162 Å². The standard InChI is InChI=1S/C21H24N4O3/c26-16-2-1-15(18(27)6-16)11-22-25-20(28)17-7-19(24-23-17)21-8-12-3-13(9-21)5-14(4-12)10-21/h1-2,6-7,11-14,26-27H,3-5,8-10H2,(H,23,24)(H,25,28)/b22-11+. The monoisotopic (exact) mass is 380 g/mol. The molecule has 4 N–H and O–H groups in total. The van der Waals surface area contributed by atoms with Gasteiger partial charge < -0.3 is 10.2 Å². The van der Waals surface area contributed by atoms with Crippen molar-refractivity contribution in [3.05, 3.63) is 41.2 Å². The molecule has 0 saturated heterocycles. The van der Waals surface area contributed by atoms with Crippen LogP contribution in [0.15, 0.2) is 29.4 Å². The van der Waals surface area contributed by atoms with E-state index in [9.17, 15) is 15.0 Å². The first-order valence-electron chi connectivity index (χ1n) is 9.92. The lowest BCUT2D eigenvalue weighted by molar-refractivity contribution is -0.00721. The van der Waals surface area contributed by atoms with E-state index in [0.717, 1.165) is 23.4 Å². The normalized spacial score (nSPS) is 30.8. The maximum Gasteiger partial charge on any atom is 0.291 e. The minimum atomic E-state index is -0.387. The smallest absolute Gasteiger partial charge is 0.291 e. The zero-order valence-corrected chi connectivity index (χ0v) is 15.6. The molecular weight excluding hydrogens is 356 g/mol. The molecule has 0 radical (unpaired) electrons. The van der Waals surface area contributed by atoms with E-state index in [1.165, 1.54) is 62.9 Å². The van der Waals surface area contributed by atoms with Crippen LogP contribution in [0.5, 0.6) is 11.5 Å². The van der Waals surface area contributed by atoms with E-state index in [1.807, 2.05) is 6.07 Å². The van der Waals surface area contributed by atoms with E-state index in [-0.39, 0.29) is 22.8 Å². The van der Waals surface area contributed by atoms with Gasteiger partial charge in [0.25, 0.3) is 5.91 Å². The Morgan fingerprint density at radius 2 is 1.82 bits per heavy atom. The minimum Gasteiger partial charge on any atom is -0.508 e. The number of benzene rings is 1. The molecule has 7 heteroatoms. The summed E-state index contributed by atoms with van der Waals surface area (Å²) >= 11 is 0. The van der Waals surface area contributed by atoms with Gasteiger partial charge in [0.2, 0.25) is 0 Å². The van der Waals surface area contributed by atoms with Gasteiger partial charge in [0, 0.05) is 22.7 Å². The third-order valence-electron chi connectivity index (χ3n) is 6.80. The Kier molecular flexibility index (Phi) is 3.92. The van der Waals surface area contributed by atoms with Gasteiger partial charge in [-0.2, -0.15) is 10.2 Å². The molecule has 1 aromatic carbocycles. The van der Waals surface area contributed by atoms with Crippen molar-refractivity contribution in [1.29, 1.82) is 0 Å². The van der Waals surface area contributed by atoms with E-state index in [0.29, 0.717) is 11.3 Å². The molecule has 0 unspecified atom stereocenters. The lowest BCUT2D eigenvalue weighted by Crippen LogP contribution is -2.48. The molecule has 1 aromatic heterocycles. The SMILES string of the molecule is O=C(N/N=C/c1ccc(O)cc1O)c1cc(C23CC4CC(CC(C4)C2)C3)[nH]n1. The molecule has 2 aromatic rings. The largest absolute Gasteiger partial charge is 0.508 e. The predicted octanol–water partition coefficient (Wildman–Crippen LogP) is 3.05. The van der Waals surface area contributed by atoms with Gasteiger partial charge in [-0.15, -0.1) is 0 Å². The number of aromatic nitrogens is 2. The summed E-state index contributed by atoms with van der Waals surface area (Å²) in [6.07, 6.45) is 9.08. The Hall–Kier alpha value is -2.83. The molecule has 4 aliphatic rings. The zero-order chi connectivity index (χ0) is 19.3. The van der Waals surface area contributed by atoms with Gasteiger partial charge >= 0.3 is 0 Å². The molecule has 0 aliphatic heterocycles. The van der Waals surface area contributed by atoms with Crippen molar-refractivity contribution in [3.8, 4) is 11.5 Å². The van der Waals surface area contributed by atoms with Crippen molar-refractivity contribution in [3.63, 3.8) is 0 Å². The maximum atomic E-state index is 12.4. The third-order valence-corrected chi connectivity index (χ3v) is 6.80. The molecule has 0 atom stereocenters. The number of rotatable bonds is 4. The molecule has 4 saturated carbocycles. The lowest BCUT2D eigenvalue weighted by Gasteiger charge is -2.56. The molecule has 4 bridgehead atoms. The summed E-state index contributed by atoms with van der Waals surface area (Å²) in [6, 6.07) is 6.05. The van der Waals surface area contributed by atoms with Crippen molar-refractivity contribution >= 4 is 12.1 Å². The quantitative estimate of drug-likeness (QED) is 0.482. The fraction of sp³-hybridized carbons (Fsp3) is 0.476. The van der Waals surface area contributed by atoms with Crippen LogP contribution in [0, 0.1) is 17.8 Å². The number of hydrazone groups is 1. The number of carbonyl (C=O) groups excluding carboxylic acids is 1. The summed E-state index contributed by atoms with van der Waals surface area (Å²) in [7, 11) is 0. The van der Waals surface area contributed by atoms with E-state index >= 15 is 0 Å². The minimum absolute atomic E-state index is 0.0348. The molecule has 6 rings (SSSR count). The van der Waals surface area contributed by atoms with Crippen LogP contribution in [0.4, 0.5) is 0 Å². The highest BCUT2D eigenvalue weighted by Gasteiger charge is 2.52. The molecular formula is C21H24N4O3. The average Bonchev–Trinajstić information content (AvgIpc) is 3.13. The number of hydrogen-bond donors (Lipinski definition) is 4. The average molecular weight is 380 g/mol. The van der Waals surface area contributed by atoms with Crippen LogP contribution in [0.1, 0.15) is 60.3 Å². The van der Waals surface area contributed by atoms with Gasteiger partial charge in [0.15, 0.2) is 5.69 Å². The summed E-state index contributed by atoms with van der Waals surface area (Å²) in [5.41, 5.74) is 4.44. The first kappa shape index (κ1) is 17.3. The molecule has 4 aliphatic carbocycles. The van der Waals surface area contributed by atoms with Gasteiger partial charge in [0.05, 0.1) is 6.21 Å². The van der Waals surface area contributed by atoms with Gasteiger partial charge in [0.1, 0.15) is 11.5 Å². The topological polar surface area (TPSA) is 111 Å². The van der Waals surface area contributed by atoms with Crippen molar-refractivity contribution in [2.24, 2.45) is 22.9 Å². The summed E-state index contributed by atoms with van der Waals surface area (Å²) in [4.78, 5) is 12.4. The number of aromatic hydroxyl groups is 2. The molecule has 0 spiro atoms. The summed E-state index contributed by atoms with van der Waals surface area (Å²) in [5, 5.41) is 30.3. The Morgan fingerprint density at radius 3 is 2.46 bits per heavy atom. The number of amides is 1. The van der Waals surface area contributed by atoms with E-state index in [2.05, 4.69) is 20.7 Å². The maximum absolute atomic E-state index is 12.4. The second-order valence-corrected chi connectivity index (χ2v) is 8.81. The van der Waals surface area contributed by atoms with Crippen molar-refractivity contribution in [1.82, 2.24) is 15.6 Å². The summed E-state index contributed by atoms with van der Waals surface area (Å²) in [6.45, 7) is 0. The van der Waals surface area contributed by atoms with Crippen molar-refractivity contribution in [2.75, 3.05) is 0 Å². The van der Waals surface area contributed by atoms with E-state index in [1.54, 1.807) is 0 Å². The van der Waals surface area contributed by atoms with Crippen LogP contribution in [0.2, 0.25) is 0 Å². The van der Waals surface area contributed by atoms with Crippen molar-refractivity contribution in [2.45, 2.75) is 43.9 Å². The van der Waals surface area contributed by atoms with Crippen LogP contribution in [0.25, 0.3) is 0 Å². The zero-order valence-electron chi connectivity index (χ0n) is 15.6. The molecule has 7 nitrogen and oxygen atoms in total. The molecule has 28 heavy (non-hydrogen) atoms. The second kappa shape index (κ2) is 6.36. The number of nitrogens with zero attached hydrogens (tertiary/aromatic N) is 2. The van der Waals surface area contributed by atoms with Crippen LogP contribution in [0.3, 0.4) is 0 Å². The Balaban J connectivity index is 1.28. The predicted molar refractivity (Wildman–Crippen MR) is 103 cm³/mol. The fourth-order valence-corrected chi connectivity index (χ4v) is 6.01. The molecule has 146 valence electrons. The highest BCUT2D eigenvalue weighted by atomic mass is 16.3. The van der Waals surface area contributed by atoms with Crippen molar-refractivity contribution < 1.29 is 15.0 Å². The van der Waals surface area contributed by atoms with E-state index < -0.39 is 0 Å². The first-order chi connectivity index (χ1) is 13.5. The number of nitrogens with one attached hydrogen (secondary N) is 2. The number of aromatic amines is 1. The number of hydrogen-bond acceptors (Lipinski definition) is 5. The highest BCUT2D eigenvalue weighted by Crippen LogP contribution is 2.60. The van der Waals surface area contributed by atoms with Crippen LogP contribution >= 0.6 is 0 Å². The summed E-state index contributed by atoms with van der Waals surface area (Å²) < 4.78 is 0. The number of phenolic OH excluding ortho intramolecular Hbond substituents is 2. The fourth-order valence-electron chi connectivity index (χ4n) is 6.01. The highest BCUT2D eigenvalue weighted by molar-refractivity contribution is 5.93. The van der Waals surface area contributed by atoms with E-state index in [4.69, 9.17) is 0 Å². The molecule has 1 amide bonds. The third kappa shape index (κ3) is 2.95. The number of carbonyl (C=O) groups is 1.